The number of imidazole rings is 1. The molecule has 1 aliphatic heterocycles. The van der Waals surface area contributed by atoms with Gasteiger partial charge in [-0.2, -0.15) is 9.61 Å². The quantitative estimate of drug-likeness (QED) is 0.491. The molecule has 3 aliphatic rings. The number of rotatable bonds is 4. The lowest BCUT2D eigenvalue weighted by molar-refractivity contribution is -0.138. The highest BCUT2D eigenvalue weighted by Crippen LogP contribution is 2.29. The Balaban J connectivity index is 1.36. The number of aromatic amines is 2. The molecular weight excluding hydrogens is 424 g/mol. The van der Waals surface area contributed by atoms with Gasteiger partial charge in [-0.1, -0.05) is 6.42 Å². The summed E-state index contributed by atoms with van der Waals surface area (Å²) in [6.07, 6.45) is 8.63. The number of fused-ring (bicyclic) bond motifs is 1. The lowest BCUT2D eigenvalue weighted by Crippen LogP contribution is -2.51. The average Bonchev–Trinajstić information content (AvgIpc) is 3.40. The summed E-state index contributed by atoms with van der Waals surface area (Å²) in [6.45, 7) is 2.80. The average molecular weight is 451 g/mol. The Morgan fingerprint density at radius 2 is 1.94 bits per heavy atom. The Bertz CT molecular complexity index is 1390. The second kappa shape index (κ2) is 7.75. The van der Waals surface area contributed by atoms with E-state index in [1.165, 1.54) is 0 Å². The molecule has 11 heteroatoms. The molecule has 4 heterocycles. The Morgan fingerprint density at radius 3 is 2.58 bits per heavy atom. The summed E-state index contributed by atoms with van der Waals surface area (Å²) < 4.78 is 1.70. The van der Waals surface area contributed by atoms with E-state index in [-0.39, 0.29) is 17.5 Å². The van der Waals surface area contributed by atoms with Crippen molar-refractivity contribution in [3.8, 4) is 5.88 Å². The number of aromatic nitrogens is 5. The zero-order valence-electron chi connectivity index (χ0n) is 18.2. The van der Waals surface area contributed by atoms with Crippen LogP contribution in [0.25, 0.3) is 11.7 Å². The van der Waals surface area contributed by atoms with Crippen LogP contribution in [0.5, 0.6) is 5.88 Å². The number of amides is 1. The maximum absolute atomic E-state index is 12.6. The number of nitrogens with one attached hydrogen (secondary N) is 2. The molecule has 1 saturated heterocycles. The van der Waals surface area contributed by atoms with Crippen molar-refractivity contribution >= 4 is 23.4 Å². The van der Waals surface area contributed by atoms with Crippen molar-refractivity contribution < 1.29 is 9.90 Å². The van der Waals surface area contributed by atoms with Gasteiger partial charge in [-0.25, -0.2) is 9.78 Å². The Hall–Kier alpha value is -3.63. The Kier molecular flexibility index (Phi) is 4.70. The monoisotopic (exact) mass is 450 g/mol. The predicted molar refractivity (Wildman–Crippen MR) is 120 cm³/mol. The smallest absolute Gasteiger partial charge is 0.326 e. The molecule has 2 saturated carbocycles. The van der Waals surface area contributed by atoms with Gasteiger partial charge in [0, 0.05) is 43.4 Å². The minimum atomic E-state index is -0.484. The van der Waals surface area contributed by atoms with Crippen molar-refractivity contribution in [3.05, 3.63) is 39.1 Å². The van der Waals surface area contributed by atoms with Crippen LogP contribution in [-0.2, 0) is 4.79 Å². The fraction of sp³-hybridized carbons (Fsp3) is 0.500. The van der Waals surface area contributed by atoms with Gasteiger partial charge in [0.2, 0.25) is 11.8 Å². The minimum Gasteiger partial charge on any atom is -0.493 e. The molecule has 6 rings (SSSR count). The van der Waals surface area contributed by atoms with Crippen molar-refractivity contribution in [1.82, 2.24) is 29.5 Å². The van der Waals surface area contributed by atoms with Crippen LogP contribution in [0.15, 0.2) is 22.1 Å². The Labute approximate surface area is 188 Å². The zero-order valence-corrected chi connectivity index (χ0v) is 18.2. The predicted octanol–water partition coefficient (Wildman–Crippen LogP) is -0.489. The van der Waals surface area contributed by atoms with Crippen molar-refractivity contribution in [3.63, 3.8) is 0 Å². The van der Waals surface area contributed by atoms with E-state index in [9.17, 15) is 14.7 Å². The van der Waals surface area contributed by atoms with E-state index in [2.05, 4.69) is 20.0 Å². The number of hydrogen-bond donors (Lipinski definition) is 3. The minimum absolute atomic E-state index is 0.219. The molecule has 2 aliphatic carbocycles. The third-order valence-electron chi connectivity index (χ3n) is 6.73. The molecule has 11 nitrogen and oxygen atoms in total. The van der Waals surface area contributed by atoms with E-state index in [0.29, 0.717) is 49.0 Å². The lowest BCUT2D eigenvalue weighted by atomic mass is 9.84. The number of H-pyrrole nitrogens is 2. The highest BCUT2D eigenvalue weighted by atomic mass is 16.3. The molecule has 0 unspecified atom stereocenters. The largest absolute Gasteiger partial charge is 0.493 e. The molecule has 3 N–H and O–H groups in total. The van der Waals surface area contributed by atoms with E-state index >= 15 is 0 Å². The van der Waals surface area contributed by atoms with Crippen LogP contribution in [0, 0.1) is 5.92 Å². The normalized spacial score (nSPS) is 20.6. The van der Waals surface area contributed by atoms with Gasteiger partial charge in [0.25, 0.3) is 0 Å². The van der Waals surface area contributed by atoms with Crippen LogP contribution < -0.4 is 21.3 Å². The van der Waals surface area contributed by atoms with Crippen molar-refractivity contribution in [2.45, 2.75) is 38.1 Å². The number of carbonyl (C=O) groups excluding carboxylic acids is 1. The maximum Gasteiger partial charge on any atom is 0.326 e. The van der Waals surface area contributed by atoms with Gasteiger partial charge in [0.15, 0.2) is 11.1 Å². The molecular formula is C22H26N8O3. The van der Waals surface area contributed by atoms with Gasteiger partial charge in [-0.15, -0.1) is 0 Å². The highest BCUT2D eigenvalue weighted by molar-refractivity contribution is 5.79. The van der Waals surface area contributed by atoms with Gasteiger partial charge in [0.05, 0.1) is 12.2 Å². The van der Waals surface area contributed by atoms with E-state index in [4.69, 9.17) is 9.98 Å². The fourth-order valence-corrected chi connectivity index (χ4v) is 4.41. The molecule has 0 radical (unpaired) electrons. The number of carbonyl (C=O) groups is 1. The second-order valence-corrected chi connectivity index (χ2v) is 9.09. The number of piperazine rings is 1. The first-order chi connectivity index (χ1) is 16.0. The molecule has 3 aromatic heterocycles. The van der Waals surface area contributed by atoms with Gasteiger partial charge in [-0.3, -0.25) is 14.8 Å². The lowest BCUT2D eigenvalue weighted by Gasteiger charge is -2.38. The van der Waals surface area contributed by atoms with Crippen LogP contribution >= 0.6 is 0 Å². The number of aromatic hydroxyl groups is 1. The number of nitrogens with zero attached hydrogens (tertiary/aromatic N) is 6. The van der Waals surface area contributed by atoms with Crippen LogP contribution in [0.1, 0.15) is 37.8 Å². The zero-order chi connectivity index (χ0) is 22.5. The van der Waals surface area contributed by atoms with Crippen LogP contribution in [-0.4, -0.2) is 72.7 Å². The maximum atomic E-state index is 12.6. The van der Waals surface area contributed by atoms with E-state index in [0.717, 1.165) is 43.4 Å². The number of hydrogen-bond acceptors (Lipinski definition) is 7. The van der Waals surface area contributed by atoms with E-state index < -0.39 is 5.69 Å². The van der Waals surface area contributed by atoms with Crippen LogP contribution in [0.4, 0.5) is 5.82 Å². The Morgan fingerprint density at radius 1 is 1.15 bits per heavy atom. The first-order valence-electron chi connectivity index (χ1n) is 11.5. The summed E-state index contributed by atoms with van der Waals surface area (Å²) in [4.78, 5) is 42.8. The summed E-state index contributed by atoms with van der Waals surface area (Å²) in [7, 11) is 0. The van der Waals surface area contributed by atoms with Crippen molar-refractivity contribution in [2.24, 2.45) is 10.9 Å². The summed E-state index contributed by atoms with van der Waals surface area (Å²) in [5.41, 5.74) is 1.12. The molecule has 1 amide bonds. The van der Waals surface area contributed by atoms with Crippen molar-refractivity contribution in [2.75, 3.05) is 31.1 Å². The summed E-state index contributed by atoms with van der Waals surface area (Å²) >= 11 is 0. The molecule has 0 bridgehead atoms. The van der Waals surface area contributed by atoms with Crippen LogP contribution in [0.2, 0.25) is 0 Å². The van der Waals surface area contributed by atoms with E-state index in [1.54, 1.807) is 16.8 Å². The molecule has 3 fully saturated rings. The summed E-state index contributed by atoms with van der Waals surface area (Å²) in [5.74, 6) is 1.07. The molecule has 33 heavy (non-hydrogen) atoms. The summed E-state index contributed by atoms with van der Waals surface area (Å²) in [5, 5.41) is 15.1. The van der Waals surface area contributed by atoms with Gasteiger partial charge >= 0.3 is 5.69 Å². The number of anilines is 1. The van der Waals surface area contributed by atoms with E-state index in [1.807, 2.05) is 11.0 Å². The molecule has 3 aromatic rings. The second-order valence-electron chi connectivity index (χ2n) is 9.09. The molecule has 0 atom stereocenters. The summed E-state index contributed by atoms with van der Waals surface area (Å²) in [6, 6.07) is 2.27. The highest BCUT2D eigenvalue weighted by Gasteiger charge is 2.31. The molecule has 0 spiro atoms. The SMILES string of the molecule is O=C(C1CCC1)N1CCN(c2cc(=NC3CC3)n3nc/c(=C/c4[nH]c(=O)[nH]c4O)c3n2)CC1. The molecule has 0 aromatic carbocycles. The van der Waals surface area contributed by atoms with Crippen molar-refractivity contribution in [1.29, 1.82) is 0 Å². The topological polar surface area (TPSA) is 135 Å². The van der Waals surface area contributed by atoms with Gasteiger partial charge in [0.1, 0.15) is 11.5 Å². The first-order valence-corrected chi connectivity index (χ1v) is 11.5. The third kappa shape index (κ3) is 3.77. The standard InChI is InChI=1S/C22H26N8O3/c31-20-16(25-22(33)27-20)10-14-12-23-30-18(24-15-4-5-15)11-17(26-19(14)30)28-6-8-29(9-7-28)21(32)13-2-1-3-13/h10-13,15,31H,1-9H2,(H2,25,27,33)/b14-10-,24-18?. The third-order valence-corrected chi connectivity index (χ3v) is 6.73. The van der Waals surface area contributed by atoms with Crippen LogP contribution in [0.3, 0.4) is 0 Å². The molecule has 172 valence electrons. The first kappa shape index (κ1) is 20.0. The van der Waals surface area contributed by atoms with Gasteiger partial charge in [-0.05, 0) is 31.8 Å². The fourth-order valence-electron chi connectivity index (χ4n) is 4.41. The van der Waals surface area contributed by atoms with Gasteiger partial charge < -0.3 is 19.9 Å².